The van der Waals surface area contributed by atoms with E-state index in [2.05, 4.69) is 0 Å². The molecule has 19 heavy (non-hydrogen) atoms. The van der Waals surface area contributed by atoms with Gasteiger partial charge in [0.1, 0.15) is 11.9 Å². The molecule has 0 radical (unpaired) electrons. The Morgan fingerprint density at radius 1 is 1.16 bits per heavy atom. The first-order valence-corrected chi connectivity index (χ1v) is 6.98. The Kier molecular flexibility index (Phi) is 6.03. The van der Waals surface area contributed by atoms with Gasteiger partial charge in [-0.3, -0.25) is 4.79 Å². The summed E-state index contributed by atoms with van der Waals surface area (Å²) in [5.41, 5.74) is 0.538. The average Bonchev–Trinajstić information content (AvgIpc) is 2.39. The number of rotatable bonds is 7. The van der Waals surface area contributed by atoms with Gasteiger partial charge in [-0.25, -0.2) is 0 Å². The van der Waals surface area contributed by atoms with Crippen LogP contribution in [0.2, 0.25) is 0 Å². The number of aliphatic hydroxyl groups excluding tert-OH is 1. The normalized spacial score (nSPS) is 12.8. The van der Waals surface area contributed by atoms with Crippen molar-refractivity contribution in [2.75, 3.05) is 0 Å². The number of hydrogen-bond donors (Lipinski definition) is 1. The molecule has 1 aromatic rings. The maximum Gasteiger partial charge on any atom is 0.191 e. The van der Waals surface area contributed by atoms with Crippen molar-refractivity contribution in [1.29, 1.82) is 0 Å². The minimum atomic E-state index is -0.910. The van der Waals surface area contributed by atoms with Gasteiger partial charge in [0.05, 0.1) is 6.10 Å². The van der Waals surface area contributed by atoms with Crippen LogP contribution in [0.3, 0.4) is 0 Å². The third-order valence-electron chi connectivity index (χ3n) is 3.27. The summed E-state index contributed by atoms with van der Waals surface area (Å²) in [7, 11) is 0. The molecule has 3 nitrogen and oxygen atoms in total. The van der Waals surface area contributed by atoms with E-state index in [1.54, 1.807) is 24.3 Å². The molecule has 0 saturated carbocycles. The van der Waals surface area contributed by atoms with Crippen molar-refractivity contribution in [1.82, 2.24) is 0 Å². The summed E-state index contributed by atoms with van der Waals surface area (Å²) in [6.07, 6.45) is 0.805. The van der Waals surface area contributed by atoms with Gasteiger partial charge in [0, 0.05) is 5.56 Å². The van der Waals surface area contributed by atoms with E-state index in [1.165, 1.54) is 0 Å². The lowest BCUT2D eigenvalue weighted by Gasteiger charge is -2.19. The standard InChI is InChI=1S/C16H24O3/c1-5-12(6-2)15(17)16(18)13-7-9-14(10-8-13)19-11(3)4/h7-12,15,17H,5-6H2,1-4H3. The molecule has 106 valence electrons. The van der Waals surface area contributed by atoms with Crippen LogP contribution in [0.15, 0.2) is 24.3 Å². The number of ether oxygens (including phenoxy) is 1. The fourth-order valence-electron chi connectivity index (χ4n) is 2.09. The molecule has 3 heteroatoms. The highest BCUT2D eigenvalue weighted by atomic mass is 16.5. The molecule has 0 heterocycles. The van der Waals surface area contributed by atoms with Gasteiger partial charge in [-0.15, -0.1) is 0 Å². The predicted molar refractivity (Wildman–Crippen MR) is 76.6 cm³/mol. The maximum absolute atomic E-state index is 12.1. The molecule has 0 bridgehead atoms. The van der Waals surface area contributed by atoms with Crippen LogP contribution in [0.1, 0.15) is 50.9 Å². The molecule has 0 aromatic heterocycles. The van der Waals surface area contributed by atoms with Crippen molar-refractivity contribution >= 4 is 5.78 Å². The number of carbonyl (C=O) groups excluding carboxylic acids is 1. The third kappa shape index (κ3) is 4.35. The van der Waals surface area contributed by atoms with Gasteiger partial charge < -0.3 is 9.84 Å². The first-order chi connectivity index (χ1) is 8.99. The van der Waals surface area contributed by atoms with Crippen LogP contribution in [0.4, 0.5) is 0 Å². The Bertz CT molecular complexity index is 391. The highest BCUT2D eigenvalue weighted by Crippen LogP contribution is 2.19. The van der Waals surface area contributed by atoms with E-state index in [1.807, 2.05) is 27.7 Å². The van der Waals surface area contributed by atoms with Crippen molar-refractivity contribution < 1.29 is 14.6 Å². The average molecular weight is 264 g/mol. The van der Waals surface area contributed by atoms with E-state index < -0.39 is 6.10 Å². The number of hydrogen-bond acceptors (Lipinski definition) is 3. The van der Waals surface area contributed by atoms with Crippen LogP contribution < -0.4 is 4.74 Å². The van der Waals surface area contributed by atoms with Crippen molar-refractivity contribution in [2.45, 2.75) is 52.7 Å². The Hall–Kier alpha value is -1.35. The molecule has 0 aliphatic rings. The summed E-state index contributed by atoms with van der Waals surface area (Å²) in [6.45, 7) is 7.89. The van der Waals surface area contributed by atoms with Crippen molar-refractivity contribution in [2.24, 2.45) is 5.92 Å². The summed E-state index contributed by atoms with van der Waals surface area (Å²) in [4.78, 5) is 12.1. The molecule has 1 N–H and O–H groups in total. The predicted octanol–water partition coefficient (Wildman–Crippen LogP) is 3.45. The smallest absolute Gasteiger partial charge is 0.191 e. The highest BCUT2D eigenvalue weighted by Gasteiger charge is 2.24. The third-order valence-corrected chi connectivity index (χ3v) is 3.27. The number of ketones is 1. The summed E-state index contributed by atoms with van der Waals surface area (Å²) in [5.74, 6) is 0.562. The van der Waals surface area contributed by atoms with Crippen LogP contribution in [0.5, 0.6) is 5.75 Å². The van der Waals surface area contributed by atoms with Gasteiger partial charge >= 0.3 is 0 Å². The number of aliphatic hydroxyl groups is 1. The van der Waals surface area contributed by atoms with Gasteiger partial charge in [0.15, 0.2) is 5.78 Å². The minimum Gasteiger partial charge on any atom is -0.491 e. The lowest BCUT2D eigenvalue weighted by molar-refractivity contribution is 0.0588. The van der Waals surface area contributed by atoms with Crippen LogP contribution in [0, 0.1) is 5.92 Å². The lowest BCUT2D eigenvalue weighted by Crippen LogP contribution is -2.29. The van der Waals surface area contributed by atoms with Crippen molar-refractivity contribution in [3.05, 3.63) is 29.8 Å². The van der Waals surface area contributed by atoms with Gasteiger partial charge in [-0.1, -0.05) is 26.7 Å². The molecule has 1 unspecified atom stereocenters. The van der Waals surface area contributed by atoms with E-state index in [9.17, 15) is 9.90 Å². The molecule has 0 spiro atoms. The molecule has 1 rings (SSSR count). The van der Waals surface area contributed by atoms with Crippen LogP contribution in [0.25, 0.3) is 0 Å². The zero-order chi connectivity index (χ0) is 14.4. The summed E-state index contributed by atoms with van der Waals surface area (Å²) >= 11 is 0. The van der Waals surface area contributed by atoms with Crippen LogP contribution in [-0.2, 0) is 0 Å². The molecule has 1 aromatic carbocycles. The summed E-state index contributed by atoms with van der Waals surface area (Å²) in [6, 6.07) is 6.97. The minimum absolute atomic E-state index is 0.0269. The monoisotopic (exact) mass is 264 g/mol. The van der Waals surface area contributed by atoms with E-state index >= 15 is 0 Å². The topological polar surface area (TPSA) is 46.5 Å². The second-order valence-corrected chi connectivity index (χ2v) is 5.08. The van der Waals surface area contributed by atoms with Crippen molar-refractivity contribution in [3.8, 4) is 5.75 Å². The molecular formula is C16H24O3. The highest BCUT2D eigenvalue weighted by molar-refractivity contribution is 5.99. The summed E-state index contributed by atoms with van der Waals surface area (Å²) < 4.78 is 5.53. The lowest BCUT2D eigenvalue weighted by atomic mass is 9.91. The quantitative estimate of drug-likeness (QED) is 0.767. The number of benzene rings is 1. The molecule has 1 atom stereocenters. The maximum atomic E-state index is 12.1. The first kappa shape index (κ1) is 15.7. The van der Waals surface area contributed by atoms with E-state index in [-0.39, 0.29) is 17.8 Å². The van der Waals surface area contributed by atoms with Crippen LogP contribution in [-0.4, -0.2) is 23.1 Å². The number of Topliss-reactive ketones (excluding diaryl/α,β-unsaturated/α-hetero) is 1. The number of carbonyl (C=O) groups is 1. The van der Waals surface area contributed by atoms with Gasteiger partial charge in [0.25, 0.3) is 0 Å². The zero-order valence-electron chi connectivity index (χ0n) is 12.2. The second kappa shape index (κ2) is 7.29. The van der Waals surface area contributed by atoms with Crippen LogP contribution >= 0.6 is 0 Å². The Balaban J connectivity index is 2.77. The second-order valence-electron chi connectivity index (χ2n) is 5.08. The van der Waals surface area contributed by atoms with Gasteiger partial charge in [-0.05, 0) is 44.0 Å². The van der Waals surface area contributed by atoms with E-state index in [4.69, 9.17) is 4.74 Å². The molecular weight excluding hydrogens is 240 g/mol. The van der Waals surface area contributed by atoms with Crippen molar-refractivity contribution in [3.63, 3.8) is 0 Å². The Morgan fingerprint density at radius 3 is 2.11 bits per heavy atom. The summed E-state index contributed by atoms with van der Waals surface area (Å²) in [5, 5.41) is 10.1. The fourth-order valence-corrected chi connectivity index (χ4v) is 2.09. The molecule has 0 aliphatic carbocycles. The molecule has 0 fully saturated rings. The fraction of sp³-hybridized carbons (Fsp3) is 0.562. The first-order valence-electron chi connectivity index (χ1n) is 6.98. The molecule has 0 saturated heterocycles. The Morgan fingerprint density at radius 2 is 1.68 bits per heavy atom. The SMILES string of the molecule is CCC(CC)C(O)C(=O)c1ccc(OC(C)C)cc1. The largest absolute Gasteiger partial charge is 0.491 e. The van der Waals surface area contributed by atoms with Gasteiger partial charge in [-0.2, -0.15) is 0 Å². The zero-order valence-corrected chi connectivity index (χ0v) is 12.2. The molecule has 0 amide bonds. The molecule has 0 aliphatic heterocycles. The Labute approximate surface area is 115 Å². The van der Waals surface area contributed by atoms with Gasteiger partial charge in [0.2, 0.25) is 0 Å². The van der Waals surface area contributed by atoms with E-state index in [0.29, 0.717) is 5.56 Å². The van der Waals surface area contributed by atoms with E-state index in [0.717, 1.165) is 18.6 Å².